The summed E-state index contributed by atoms with van der Waals surface area (Å²) < 4.78 is 0. The molecule has 1 N–H and O–H groups in total. The zero-order valence-electron chi connectivity index (χ0n) is 14.1. The molecule has 0 heterocycles. The monoisotopic (exact) mass is 378 g/mol. The second-order valence-electron chi connectivity index (χ2n) is 5.83. The van der Waals surface area contributed by atoms with Gasteiger partial charge in [-0.1, -0.05) is 65.7 Å². The third kappa shape index (κ3) is 5.48. The zero-order chi connectivity index (χ0) is 18.4. The zero-order valence-corrected chi connectivity index (χ0v) is 15.6. The van der Waals surface area contributed by atoms with Crippen molar-refractivity contribution in [3.8, 4) is 0 Å². The van der Waals surface area contributed by atoms with E-state index in [0.29, 0.717) is 16.6 Å². The molecule has 0 saturated carbocycles. The molecule has 2 rings (SSSR count). The summed E-state index contributed by atoms with van der Waals surface area (Å²) in [6.45, 7) is 1.79. The van der Waals surface area contributed by atoms with Crippen molar-refractivity contribution < 1.29 is 9.59 Å². The first-order chi connectivity index (χ1) is 11.9. The second kappa shape index (κ2) is 8.88. The molecule has 0 bridgehead atoms. The Bertz CT molecular complexity index is 750. The highest BCUT2D eigenvalue weighted by molar-refractivity contribution is 6.42. The molecular formula is C19H20Cl2N2O2. The van der Waals surface area contributed by atoms with Crippen LogP contribution in [-0.2, 0) is 16.1 Å². The molecule has 0 aliphatic carbocycles. The summed E-state index contributed by atoms with van der Waals surface area (Å²) in [4.78, 5) is 25.7. The fourth-order valence-electron chi connectivity index (χ4n) is 2.53. The lowest BCUT2D eigenvalue weighted by Crippen LogP contribution is -2.33. The minimum atomic E-state index is -0.372. The van der Waals surface area contributed by atoms with Crippen LogP contribution in [0.2, 0.25) is 10.0 Å². The maximum atomic E-state index is 12.6. The van der Waals surface area contributed by atoms with Gasteiger partial charge >= 0.3 is 0 Å². The summed E-state index contributed by atoms with van der Waals surface area (Å²) >= 11 is 12.2. The summed E-state index contributed by atoms with van der Waals surface area (Å²) in [6.07, 6.45) is 0.165. The Hall–Kier alpha value is -2.04. The standard InChI is InChI=1S/C19H20Cl2N2O2/c1-13(24)22-17(14-7-4-3-5-8-14)11-18(25)23(2)12-15-9-6-10-16(20)19(15)21/h3-10,17H,11-12H2,1-2H3,(H,22,24)/t17-/m0/s1. The highest BCUT2D eigenvalue weighted by Crippen LogP contribution is 2.27. The number of carbonyl (C=O) groups excluding carboxylic acids is 2. The van der Waals surface area contributed by atoms with Gasteiger partial charge in [-0.3, -0.25) is 9.59 Å². The van der Waals surface area contributed by atoms with Gasteiger partial charge in [-0.2, -0.15) is 0 Å². The third-order valence-electron chi connectivity index (χ3n) is 3.82. The van der Waals surface area contributed by atoms with Crippen molar-refractivity contribution in [3.05, 3.63) is 69.7 Å². The summed E-state index contributed by atoms with van der Waals surface area (Å²) in [5.74, 6) is -0.277. The molecule has 0 radical (unpaired) electrons. The van der Waals surface area contributed by atoms with E-state index in [9.17, 15) is 9.59 Å². The fraction of sp³-hybridized carbons (Fsp3) is 0.263. The van der Waals surface area contributed by atoms with Gasteiger partial charge in [0.2, 0.25) is 11.8 Å². The van der Waals surface area contributed by atoms with Crippen molar-refractivity contribution >= 4 is 35.0 Å². The predicted molar refractivity (Wildman–Crippen MR) is 101 cm³/mol. The van der Waals surface area contributed by atoms with Crippen LogP contribution in [0.25, 0.3) is 0 Å². The largest absolute Gasteiger partial charge is 0.349 e. The van der Waals surface area contributed by atoms with Crippen LogP contribution < -0.4 is 5.32 Å². The first-order valence-corrected chi connectivity index (χ1v) is 8.63. The lowest BCUT2D eigenvalue weighted by molar-refractivity contribution is -0.131. The first kappa shape index (κ1) is 19.3. The Balaban J connectivity index is 2.09. The van der Waals surface area contributed by atoms with E-state index in [-0.39, 0.29) is 24.3 Å². The Morgan fingerprint density at radius 1 is 1.08 bits per heavy atom. The maximum Gasteiger partial charge on any atom is 0.225 e. The van der Waals surface area contributed by atoms with E-state index in [1.54, 1.807) is 24.1 Å². The maximum absolute atomic E-state index is 12.6. The van der Waals surface area contributed by atoms with Crippen LogP contribution in [0, 0.1) is 0 Å². The average Bonchev–Trinajstić information content (AvgIpc) is 2.58. The quantitative estimate of drug-likeness (QED) is 0.817. The molecule has 0 aliphatic heterocycles. The molecule has 0 aromatic heterocycles. The molecule has 0 unspecified atom stereocenters. The van der Waals surface area contributed by atoms with Crippen LogP contribution in [0.5, 0.6) is 0 Å². The number of benzene rings is 2. The fourth-order valence-corrected chi connectivity index (χ4v) is 2.91. The lowest BCUT2D eigenvalue weighted by Gasteiger charge is -2.23. The van der Waals surface area contributed by atoms with Gasteiger partial charge in [0.25, 0.3) is 0 Å². The van der Waals surface area contributed by atoms with Gasteiger partial charge in [-0.05, 0) is 17.2 Å². The average molecular weight is 379 g/mol. The van der Waals surface area contributed by atoms with Gasteiger partial charge in [0.05, 0.1) is 22.5 Å². The van der Waals surface area contributed by atoms with Crippen LogP contribution in [-0.4, -0.2) is 23.8 Å². The molecule has 4 nitrogen and oxygen atoms in total. The summed E-state index contributed by atoms with van der Waals surface area (Å²) in [5.41, 5.74) is 1.67. The highest BCUT2D eigenvalue weighted by atomic mass is 35.5. The number of nitrogens with zero attached hydrogens (tertiary/aromatic N) is 1. The Morgan fingerprint density at radius 3 is 2.40 bits per heavy atom. The normalized spacial score (nSPS) is 11.7. The van der Waals surface area contributed by atoms with Crippen molar-refractivity contribution in [1.82, 2.24) is 10.2 Å². The SMILES string of the molecule is CC(=O)N[C@@H](CC(=O)N(C)Cc1cccc(Cl)c1Cl)c1ccccc1. The van der Waals surface area contributed by atoms with Crippen LogP contribution >= 0.6 is 23.2 Å². The molecule has 2 amide bonds. The van der Waals surface area contributed by atoms with Gasteiger partial charge in [-0.15, -0.1) is 0 Å². The number of halogens is 2. The number of hydrogen-bond acceptors (Lipinski definition) is 2. The van der Waals surface area contributed by atoms with Crippen molar-refractivity contribution in [1.29, 1.82) is 0 Å². The molecule has 2 aromatic rings. The highest BCUT2D eigenvalue weighted by Gasteiger charge is 2.20. The van der Waals surface area contributed by atoms with E-state index >= 15 is 0 Å². The van der Waals surface area contributed by atoms with Gasteiger partial charge < -0.3 is 10.2 Å². The summed E-state index contributed by atoms with van der Waals surface area (Å²) in [7, 11) is 1.70. The van der Waals surface area contributed by atoms with Crippen molar-refractivity contribution in [2.24, 2.45) is 0 Å². The third-order valence-corrected chi connectivity index (χ3v) is 4.68. The van der Waals surface area contributed by atoms with E-state index in [4.69, 9.17) is 23.2 Å². The Morgan fingerprint density at radius 2 is 1.76 bits per heavy atom. The topological polar surface area (TPSA) is 49.4 Å². The van der Waals surface area contributed by atoms with Crippen LogP contribution in [0.3, 0.4) is 0 Å². The predicted octanol–water partition coefficient (Wildman–Crippen LogP) is 4.22. The first-order valence-electron chi connectivity index (χ1n) is 7.87. The van der Waals surface area contributed by atoms with Crippen LogP contribution in [0.15, 0.2) is 48.5 Å². The Kier molecular flexibility index (Phi) is 6.85. The number of rotatable bonds is 6. The molecule has 2 aromatic carbocycles. The molecule has 0 fully saturated rings. The lowest BCUT2D eigenvalue weighted by atomic mass is 10.0. The van der Waals surface area contributed by atoms with E-state index in [0.717, 1.165) is 11.1 Å². The molecule has 132 valence electrons. The summed E-state index contributed by atoms with van der Waals surface area (Å²) in [5, 5.41) is 3.74. The Labute approximate surface area is 157 Å². The second-order valence-corrected chi connectivity index (χ2v) is 6.62. The molecule has 0 spiro atoms. The van der Waals surface area contributed by atoms with Crippen molar-refractivity contribution in [2.75, 3.05) is 7.05 Å². The van der Waals surface area contributed by atoms with E-state index in [2.05, 4.69) is 5.32 Å². The van der Waals surface area contributed by atoms with Gasteiger partial charge in [-0.25, -0.2) is 0 Å². The number of hydrogen-bond donors (Lipinski definition) is 1. The van der Waals surface area contributed by atoms with Crippen molar-refractivity contribution in [3.63, 3.8) is 0 Å². The van der Waals surface area contributed by atoms with E-state index in [1.165, 1.54) is 6.92 Å². The molecule has 25 heavy (non-hydrogen) atoms. The number of carbonyl (C=O) groups is 2. The van der Waals surface area contributed by atoms with Gasteiger partial charge in [0.15, 0.2) is 0 Å². The van der Waals surface area contributed by atoms with E-state index in [1.807, 2.05) is 36.4 Å². The molecular weight excluding hydrogens is 359 g/mol. The molecule has 6 heteroatoms. The van der Waals surface area contributed by atoms with Gasteiger partial charge in [0.1, 0.15) is 0 Å². The molecule has 0 saturated heterocycles. The molecule has 0 aliphatic rings. The molecule has 1 atom stereocenters. The van der Waals surface area contributed by atoms with E-state index < -0.39 is 0 Å². The summed E-state index contributed by atoms with van der Waals surface area (Å²) in [6, 6.07) is 14.4. The number of nitrogens with one attached hydrogen (secondary N) is 1. The van der Waals surface area contributed by atoms with Crippen LogP contribution in [0.4, 0.5) is 0 Å². The van der Waals surface area contributed by atoms with Gasteiger partial charge in [0, 0.05) is 20.5 Å². The minimum Gasteiger partial charge on any atom is -0.349 e. The van der Waals surface area contributed by atoms with Crippen molar-refractivity contribution in [2.45, 2.75) is 25.9 Å². The van der Waals surface area contributed by atoms with Crippen LogP contribution in [0.1, 0.15) is 30.5 Å². The minimum absolute atomic E-state index is 0.0985. The number of amides is 2. The smallest absolute Gasteiger partial charge is 0.225 e.